The van der Waals surface area contributed by atoms with Crippen LogP contribution in [-0.2, 0) is 6.54 Å². The summed E-state index contributed by atoms with van der Waals surface area (Å²) >= 11 is 0. The molecule has 0 heterocycles. The van der Waals surface area contributed by atoms with E-state index in [9.17, 15) is 0 Å². The SMILES string of the molecule is C=CCCCCCOc1ccc(C)cc1CNC(C)(C)C. The molecule has 0 amide bonds. The molecule has 0 aliphatic rings. The Labute approximate surface area is 130 Å². The quantitative estimate of drug-likeness (QED) is 0.510. The lowest BCUT2D eigenvalue weighted by molar-refractivity contribution is 0.300. The second kappa shape index (κ2) is 8.89. The molecule has 0 unspecified atom stereocenters. The molecule has 21 heavy (non-hydrogen) atoms. The van der Waals surface area contributed by atoms with Crippen LogP contribution in [-0.4, -0.2) is 12.1 Å². The molecule has 2 nitrogen and oxygen atoms in total. The van der Waals surface area contributed by atoms with Crippen LogP contribution in [0, 0.1) is 6.92 Å². The summed E-state index contributed by atoms with van der Waals surface area (Å²) < 4.78 is 5.97. The van der Waals surface area contributed by atoms with Crippen molar-refractivity contribution in [3.8, 4) is 5.75 Å². The zero-order valence-electron chi connectivity index (χ0n) is 14.2. The van der Waals surface area contributed by atoms with Crippen LogP contribution in [0.3, 0.4) is 0 Å². The van der Waals surface area contributed by atoms with Gasteiger partial charge in [0, 0.05) is 17.6 Å². The first-order valence-corrected chi connectivity index (χ1v) is 8.00. The molecule has 1 N–H and O–H groups in total. The minimum atomic E-state index is 0.117. The molecule has 0 saturated carbocycles. The number of nitrogens with one attached hydrogen (secondary N) is 1. The van der Waals surface area contributed by atoms with Gasteiger partial charge in [0.05, 0.1) is 6.61 Å². The molecular formula is C19H31NO. The fourth-order valence-electron chi connectivity index (χ4n) is 2.10. The molecule has 0 spiro atoms. The van der Waals surface area contributed by atoms with Gasteiger partial charge in [-0.25, -0.2) is 0 Å². The fourth-order valence-corrected chi connectivity index (χ4v) is 2.10. The summed E-state index contributed by atoms with van der Waals surface area (Å²) in [6.45, 7) is 14.1. The number of benzene rings is 1. The largest absolute Gasteiger partial charge is 0.493 e. The molecule has 1 aromatic rings. The van der Waals surface area contributed by atoms with Crippen molar-refractivity contribution in [3.05, 3.63) is 42.0 Å². The van der Waals surface area contributed by atoms with Crippen molar-refractivity contribution < 1.29 is 4.74 Å². The molecule has 0 aromatic heterocycles. The first kappa shape index (κ1) is 17.8. The Morgan fingerprint density at radius 3 is 2.62 bits per heavy atom. The summed E-state index contributed by atoms with van der Waals surface area (Å²) in [5.74, 6) is 1.01. The minimum Gasteiger partial charge on any atom is -0.493 e. The Bertz CT molecular complexity index is 432. The highest BCUT2D eigenvalue weighted by Crippen LogP contribution is 2.21. The van der Waals surface area contributed by atoms with Gasteiger partial charge in [-0.3, -0.25) is 0 Å². The summed E-state index contributed by atoms with van der Waals surface area (Å²) in [7, 11) is 0. The first-order valence-electron chi connectivity index (χ1n) is 8.00. The van der Waals surface area contributed by atoms with E-state index in [0.29, 0.717) is 0 Å². The molecule has 0 atom stereocenters. The van der Waals surface area contributed by atoms with Crippen LogP contribution in [0.1, 0.15) is 57.6 Å². The van der Waals surface area contributed by atoms with Crippen molar-refractivity contribution in [1.29, 1.82) is 0 Å². The van der Waals surface area contributed by atoms with Gasteiger partial charge in [-0.1, -0.05) is 23.8 Å². The highest BCUT2D eigenvalue weighted by molar-refractivity contribution is 5.36. The molecule has 0 radical (unpaired) electrons. The zero-order valence-corrected chi connectivity index (χ0v) is 14.2. The standard InChI is InChI=1S/C19H31NO/c1-6-7-8-9-10-13-21-18-12-11-16(2)14-17(18)15-20-19(3,4)5/h6,11-12,14,20H,1,7-10,13,15H2,2-5H3. The van der Waals surface area contributed by atoms with Crippen LogP contribution in [0.4, 0.5) is 0 Å². The molecule has 2 heteroatoms. The number of allylic oxidation sites excluding steroid dienone is 1. The Balaban J connectivity index is 2.50. The molecule has 0 aliphatic heterocycles. The van der Waals surface area contributed by atoms with Crippen LogP contribution in [0.2, 0.25) is 0 Å². The summed E-state index contributed by atoms with van der Waals surface area (Å²) in [6.07, 6.45) is 6.60. The molecule has 1 rings (SSSR count). The van der Waals surface area contributed by atoms with Crippen LogP contribution in [0.25, 0.3) is 0 Å². The molecular weight excluding hydrogens is 258 g/mol. The third-order valence-corrected chi connectivity index (χ3v) is 3.34. The molecule has 0 aliphatic carbocycles. The molecule has 1 aromatic carbocycles. The van der Waals surface area contributed by atoms with Crippen LogP contribution < -0.4 is 10.1 Å². The number of hydrogen-bond acceptors (Lipinski definition) is 2. The lowest BCUT2D eigenvalue weighted by Crippen LogP contribution is -2.35. The van der Waals surface area contributed by atoms with E-state index in [1.807, 2.05) is 6.08 Å². The number of rotatable bonds is 9. The van der Waals surface area contributed by atoms with Gasteiger partial charge in [0.25, 0.3) is 0 Å². The van der Waals surface area contributed by atoms with Gasteiger partial charge in [-0.15, -0.1) is 6.58 Å². The minimum absolute atomic E-state index is 0.117. The van der Waals surface area contributed by atoms with Crippen molar-refractivity contribution in [1.82, 2.24) is 5.32 Å². The molecule has 118 valence electrons. The van der Waals surface area contributed by atoms with E-state index in [0.717, 1.165) is 31.7 Å². The maximum absolute atomic E-state index is 5.97. The smallest absolute Gasteiger partial charge is 0.123 e. The van der Waals surface area contributed by atoms with Crippen molar-refractivity contribution in [2.45, 2.75) is 65.5 Å². The van der Waals surface area contributed by atoms with E-state index in [1.54, 1.807) is 0 Å². The highest BCUT2D eigenvalue weighted by atomic mass is 16.5. The molecule has 0 fully saturated rings. The third-order valence-electron chi connectivity index (χ3n) is 3.34. The summed E-state index contributed by atoms with van der Waals surface area (Å²) in [5.41, 5.74) is 2.64. The second-order valence-corrected chi connectivity index (χ2v) is 6.70. The maximum atomic E-state index is 5.97. The van der Waals surface area contributed by atoms with Crippen molar-refractivity contribution in [2.75, 3.05) is 6.61 Å². The maximum Gasteiger partial charge on any atom is 0.123 e. The van der Waals surface area contributed by atoms with Gasteiger partial charge in [0.1, 0.15) is 5.75 Å². The number of hydrogen-bond donors (Lipinski definition) is 1. The van der Waals surface area contributed by atoms with Gasteiger partial charge in [-0.2, -0.15) is 0 Å². The lowest BCUT2D eigenvalue weighted by Gasteiger charge is -2.22. The van der Waals surface area contributed by atoms with Crippen molar-refractivity contribution >= 4 is 0 Å². The highest BCUT2D eigenvalue weighted by Gasteiger charge is 2.11. The van der Waals surface area contributed by atoms with Crippen LogP contribution >= 0.6 is 0 Å². The van der Waals surface area contributed by atoms with E-state index in [2.05, 4.69) is 57.8 Å². The normalized spacial score (nSPS) is 11.4. The Hall–Kier alpha value is -1.28. The summed E-state index contributed by atoms with van der Waals surface area (Å²) in [5, 5.41) is 3.53. The zero-order chi connectivity index (χ0) is 15.7. The third kappa shape index (κ3) is 7.91. The average Bonchev–Trinajstić information content (AvgIpc) is 2.41. The topological polar surface area (TPSA) is 21.3 Å². The van der Waals surface area contributed by atoms with Crippen molar-refractivity contribution in [3.63, 3.8) is 0 Å². The average molecular weight is 289 g/mol. The molecule has 0 saturated heterocycles. The number of ether oxygens (including phenoxy) is 1. The van der Waals surface area contributed by atoms with E-state index < -0.39 is 0 Å². The Morgan fingerprint density at radius 1 is 1.19 bits per heavy atom. The monoisotopic (exact) mass is 289 g/mol. The van der Waals surface area contributed by atoms with Crippen LogP contribution in [0.5, 0.6) is 5.75 Å². The second-order valence-electron chi connectivity index (χ2n) is 6.70. The van der Waals surface area contributed by atoms with Gasteiger partial charge in [0.15, 0.2) is 0 Å². The van der Waals surface area contributed by atoms with Crippen LogP contribution in [0.15, 0.2) is 30.9 Å². The Morgan fingerprint density at radius 2 is 1.95 bits per heavy atom. The summed E-state index contributed by atoms with van der Waals surface area (Å²) in [6, 6.07) is 6.43. The van der Waals surface area contributed by atoms with Crippen molar-refractivity contribution in [2.24, 2.45) is 0 Å². The predicted molar refractivity (Wildman–Crippen MR) is 91.9 cm³/mol. The number of aryl methyl sites for hydroxylation is 1. The lowest BCUT2D eigenvalue weighted by atomic mass is 10.1. The van der Waals surface area contributed by atoms with E-state index >= 15 is 0 Å². The first-order chi connectivity index (χ1) is 9.92. The van der Waals surface area contributed by atoms with Gasteiger partial charge < -0.3 is 10.1 Å². The van der Waals surface area contributed by atoms with Gasteiger partial charge in [0.2, 0.25) is 0 Å². The van der Waals surface area contributed by atoms with Gasteiger partial charge in [-0.05, 0) is 59.4 Å². The van der Waals surface area contributed by atoms with Gasteiger partial charge >= 0.3 is 0 Å². The van der Waals surface area contributed by atoms with E-state index in [1.165, 1.54) is 24.0 Å². The van der Waals surface area contributed by atoms with E-state index in [4.69, 9.17) is 4.74 Å². The summed E-state index contributed by atoms with van der Waals surface area (Å²) in [4.78, 5) is 0. The predicted octanol–water partition coefficient (Wildman–Crippen LogP) is 5.01. The fraction of sp³-hybridized carbons (Fsp3) is 0.579. The van der Waals surface area contributed by atoms with E-state index in [-0.39, 0.29) is 5.54 Å². The molecule has 0 bridgehead atoms. The number of unbranched alkanes of at least 4 members (excludes halogenated alkanes) is 3. The Kier molecular flexibility index (Phi) is 7.52.